The van der Waals surface area contributed by atoms with Gasteiger partial charge in [0.2, 0.25) is 5.91 Å². The number of carbonyl (C=O) groups is 2. The molecule has 2 amide bonds. The van der Waals surface area contributed by atoms with Crippen molar-refractivity contribution in [1.82, 2.24) is 20.0 Å². The SMILES string of the molecule is C[C@H](/C=C/CCn1cc(CCO)nn1)[C@@]1(O)C(=O)N(Cc2cccc(NC(=O)Cc3c[nH]c4ccccc34)c2)c2ccc(Br)cc21. The largest absolute Gasteiger partial charge is 0.396 e. The molecule has 46 heavy (non-hydrogen) atoms. The molecule has 2 aromatic heterocycles. The molecule has 2 atom stereocenters. The fourth-order valence-electron chi connectivity index (χ4n) is 5.99. The molecule has 3 heterocycles. The fourth-order valence-corrected chi connectivity index (χ4v) is 6.35. The molecule has 0 aliphatic carbocycles. The fraction of sp³-hybridized carbons (Fsp3) is 0.257. The highest BCUT2D eigenvalue weighted by Crippen LogP contribution is 2.46. The van der Waals surface area contributed by atoms with Gasteiger partial charge in [0.15, 0.2) is 5.60 Å². The minimum atomic E-state index is -1.76. The normalized spacial score (nSPS) is 16.8. The highest BCUT2D eigenvalue weighted by atomic mass is 79.9. The van der Waals surface area contributed by atoms with Gasteiger partial charge in [0.1, 0.15) is 0 Å². The monoisotopic (exact) mass is 682 g/mol. The van der Waals surface area contributed by atoms with Gasteiger partial charge in [0.05, 0.1) is 24.3 Å². The third kappa shape index (κ3) is 6.39. The number of rotatable bonds is 12. The number of H-pyrrole nitrogens is 1. The highest BCUT2D eigenvalue weighted by Gasteiger charge is 2.52. The van der Waals surface area contributed by atoms with Crippen molar-refractivity contribution in [1.29, 1.82) is 0 Å². The van der Waals surface area contributed by atoms with Gasteiger partial charge in [-0.15, -0.1) is 5.10 Å². The molecule has 1 aliphatic rings. The second-order valence-corrected chi connectivity index (χ2v) is 12.5. The summed E-state index contributed by atoms with van der Waals surface area (Å²) in [6.07, 6.45) is 8.77. The number of amides is 2. The first-order chi connectivity index (χ1) is 22.3. The number of benzene rings is 3. The number of nitrogens with zero attached hydrogens (tertiary/aromatic N) is 4. The van der Waals surface area contributed by atoms with Crippen LogP contribution in [0.3, 0.4) is 0 Å². The number of aliphatic hydroxyl groups excluding tert-OH is 1. The minimum absolute atomic E-state index is 0.0197. The number of aromatic nitrogens is 4. The summed E-state index contributed by atoms with van der Waals surface area (Å²) >= 11 is 3.51. The Labute approximate surface area is 274 Å². The molecule has 0 fully saturated rings. The smallest absolute Gasteiger partial charge is 0.264 e. The van der Waals surface area contributed by atoms with E-state index in [4.69, 9.17) is 5.11 Å². The van der Waals surface area contributed by atoms with E-state index in [-0.39, 0.29) is 25.5 Å². The van der Waals surface area contributed by atoms with E-state index in [1.807, 2.05) is 85.9 Å². The molecule has 0 saturated heterocycles. The number of halogens is 1. The summed E-state index contributed by atoms with van der Waals surface area (Å²) in [7, 11) is 0. The number of aliphatic hydroxyl groups is 2. The lowest BCUT2D eigenvalue weighted by Crippen LogP contribution is -2.44. The molecule has 0 spiro atoms. The predicted octanol–water partition coefficient (Wildman–Crippen LogP) is 5.25. The van der Waals surface area contributed by atoms with Gasteiger partial charge in [-0.1, -0.05) is 70.6 Å². The summed E-state index contributed by atoms with van der Waals surface area (Å²) < 4.78 is 2.47. The summed E-state index contributed by atoms with van der Waals surface area (Å²) in [5.41, 5.74) is 3.50. The Morgan fingerprint density at radius 1 is 1.15 bits per heavy atom. The van der Waals surface area contributed by atoms with E-state index in [9.17, 15) is 14.7 Å². The molecule has 0 saturated carbocycles. The molecule has 10 nitrogen and oxygen atoms in total. The number of carbonyl (C=O) groups excluding carboxylic acids is 2. The van der Waals surface area contributed by atoms with Crippen molar-refractivity contribution >= 4 is 50.0 Å². The van der Waals surface area contributed by atoms with Crippen LogP contribution in [-0.2, 0) is 41.1 Å². The standard InChI is InChI=1S/C35H35BrN6O4/c1-23(7-4-5-15-41-22-28(14-16-43)39-40-41)35(46)30-19-26(36)12-13-32(30)42(34(35)45)21-24-8-6-9-27(17-24)38-33(44)18-25-20-37-31-11-3-2-10-29(25)31/h2-4,6-13,17,19-20,22-23,37,43,46H,5,14-16,18,21H2,1H3,(H,38,44)/b7-4+/t23-,35+/m1/s1. The zero-order valence-corrected chi connectivity index (χ0v) is 26.9. The van der Waals surface area contributed by atoms with Gasteiger partial charge in [-0.05, 0) is 53.9 Å². The van der Waals surface area contributed by atoms with E-state index in [2.05, 4.69) is 36.5 Å². The highest BCUT2D eigenvalue weighted by molar-refractivity contribution is 9.10. The van der Waals surface area contributed by atoms with Crippen LogP contribution in [0.5, 0.6) is 0 Å². The first-order valence-electron chi connectivity index (χ1n) is 15.2. The van der Waals surface area contributed by atoms with Crippen LogP contribution in [0.4, 0.5) is 11.4 Å². The number of fused-ring (bicyclic) bond motifs is 2. The molecule has 236 valence electrons. The first-order valence-corrected chi connectivity index (χ1v) is 16.0. The number of anilines is 2. The number of aryl methyl sites for hydroxylation is 1. The van der Waals surface area contributed by atoms with Crippen molar-refractivity contribution in [3.05, 3.63) is 118 Å². The average molecular weight is 684 g/mol. The minimum Gasteiger partial charge on any atom is -0.396 e. The molecular formula is C35H35BrN6O4. The summed E-state index contributed by atoms with van der Waals surface area (Å²) in [6.45, 7) is 2.66. The van der Waals surface area contributed by atoms with Gasteiger partial charge in [0.25, 0.3) is 5.91 Å². The number of nitrogens with one attached hydrogen (secondary N) is 2. The van der Waals surface area contributed by atoms with Crippen molar-refractivity contribution in [2.75, 3.05) is 16.8 Å². The Balaban J connectivity index is 1.15. The average Bonchev–Trinajstić information content (AvgIpc) is 3.73. The number of aromatic amines is 1. The van der Waals surface area contributed by atoms with Crippen LogP contribution in [0.2, 0.25) is 0 Å². The number of hydrogen-bond acceptors (Lipinski definition) is 6. The van der Waals surface area contributed by atoms with E-state index in [0.29, 0.717) is 36.3 Å². The molecule has 5 aromatic rings. The Bertz CT molecular complexity index is 1920. The zero-order chi connectivity index (χ0) is 32.3. The lowest BCUT2D eigenvalue weighted by atomic mass is 9.83. The van der Waals surface area contributed by atoms with Gasteiger partial charge in [-0.2, -0.15) is 0 Å². The Morgan fingerprint density at radius 2 is 2.00 bits per heavy atom. The topological polar surface area (TPSA) is 136 Å². The Hall–Kier alpha value is -4.58. The summed E-state index contributed by atoms with van der Waals surface area (Å²) in [4.78, 5) is 31.8. The zero-order valence-electron chi connectivity index (χ0n) is 25.4. The molecule has 0 unspecified atom stereocenters. The van der Waals surface area contributed by atoms with Crippen LogP contribution in [0, 0.1) is 5.92 Å². The summed E-state index contributed by atoms with van der Waals surface area (Å²) in [5.74, 6) is -1.07. The van der Waals surface area contributed by atoms with E-state index in [0.717, 1.165) is 32.2 Å². The van der Waals surface area contributed by atoms with Gasteiger partial charge >= 0.3 is 0 Å². The van der Waals surface area contributed by atoms with E-state index < -0.39 is 17.4 Å². The van der Waals surface area contributed by atoms with Crippen molar-refractivity contribution < 1.29 is 19.8 Å². The van der Waals surface area contributed by atoms with Gasteiger partial charge in [-0.3, -0.25) is 14.3 Å². The van der Waals surface area contributed by atoms with Gasteiger partial charge in [-0.25, -0.2) is 0 Å². The van der Waals surface area contributed by atoms with Crippen molar-refractivity contribution in [2.45, 2.75) is 44.9 Å². The van der Waals surface area contributed by atoms with E-state index in [1.165, 1.54) is 0 Å². The van der Waals surface area contributed by atoms with Crippen LogP contribution in [-0.4, -0.2) is 48.6 Å². The molecule has 0 radical (unpaired) electrons. The first kappa shape index (κ1) is 31.4. The van der Waals surface area contributed by atoms with E-state index in [1.54, 1.807) is 21.8 Å². The van der Waals surface area contributed by atoms with Crippen molar-refractivity contribution in [2.24, 2.45) is 5.92 Å². The van der Waals surface area contributed by atoms with Crippen LogP contribution in [0.25, 0.3) is 10.9 Å². The number of para-hydroxylation sites is 1. The van der Waals surface area contributed by atoms with Crippen LogP contribution in [0.1, 0.15) is 35.7 Å². The molecule has 6 rings (SSSR count). The quantitative estimate of drug-likeness (QED) is 0.133. The predicted molar refractivity (Wildman–Crippen MR) is 180 cm³/mol. The van der Waals surface area contributed by atoms with Gasteiger partial charge < -0.3 is 25.4 Å². The molecule has 4 N–H and O–H groups in total. The van der Waals surface area contributed by atoms with Crippen LogP contribution in [0.15, 0.2) is 95.7 Å². The van der Waals surface area contributed by atoms with Crippen LogP contribution < -0.4 is 10.2 Å². The Morgan fingerprint density at radius 3 is 2.85 bits per heavy atom. The van der Waals surface area contributed by atoms with Crippen molar-refractivity contribution in [3.8, 4) is 0 Å². The van der Waals surface area contributed by atoms with Crippen LogP contribution >= 0.6 is 15.9 Å². The third-order valence-electron chi connectivity index (χ3n) is 8.37. The maximum atomic E-state index is 14.0. The maximum Gasteiger partial charge on any atom is 0.264 e. The lowest BCUT2D eigenvalue weighted by Gasteiger charge is -2.28. The number of allylic oxidation sites excluding steroid dienone is 1. The molecule has 3 aromatic carbocycles. The van der Waals surface area contributed by atoms with Gasteiger partial charge in [0, 0.05) is 64.5 Å². The van der Waals surface area contributed by atoms with Crippen molar-refractivity contribution in [3.63, 3.8) is 0 Å². The molecular weight excluding hydrogens is 648 g/mol. The second-order valence-electron chi connectivity index (χ2n) is 11.6. The summed E-state index contributed by atoms with van der Waals surface area (Å²) in [6, 6.07) is 20.8. The number of hydrogen-bond donors (Lipinski definition) is 4. The molecule has 1 aliphatic heterocycles. The third-order valence-corrected chi connectivity index (χ3v) is 8.86. The molecule has 0 bridgehead atoms. The lowest BCUT2D eigenvalue weighted by molar-refractivity contribution is -0.139. The molecule has 11 heteroatoms. The Kier molecular flexibility index (Phi) is 9.16. The summed E-state index contributed by atoms with van der Waals surface area (Å²) in [5, 5.41) is 33.2. The second kappa shape index (κ2) is 13.4. The maximum absolute atomic E-state index is 14.0. The van der Waals surface area contributed by atoms with E-state index >= 15 is 0 Å².